The maximum absolute atomic E-state index is 13.1. The summed E-state index contributed by atoms with van der Waals surface area (Å²) in [5.41, 5.74) is 0.607. The molecule has 0 fully saturated rings. The quantitative estimate of drug-likeness (QED) is 0.670. The maximum atomic E-state index is 13.1. The molecule has 0 saturated carbocycles. The number of furan rings is 1. The Labute approximate surface area is 151 Å². The molecule has 9 nitrogen and oxygen atoms in total. The monoisotopic (exact) mass is 379 g/mol. The van der Waals surface area contributed by atoms with E-state index in [2.05, 4.69) is 20.3 Å². The van der Waals surface area contributed by atoms with E-state index >= 15 is 0 Å². The molecular weight excluding hydrogens is 358 g/mol. The van der Waals surface area contributed by atoms with Gasteiger partial charge in [0.15, 0.2) is 11.6 Å². The van der Waals surface area contributed by atoms with Crippen LogP contribution < -0.4 is 0 Å². The molecule has 3 heterocycles. The third-order valence-corrected chi connectivity index (χ3v) is 5.95. The largest absolute Gasteiger partial charge is 0.458 e. The van der Waals surface area contributed by atoms with Gasteiger partial charge < -0.3 is 8.94 Å². The third-order valence-electron chi connectivity index (χ3n) is 3.92. The number of hydrogen-bond acceptors (Lipinski definition) is 7. The molecule has 0 radical (unpaired) electrons. The van der Waals surface area contributed by atoms with Crippen molar-refractivity contribution in [1.82, 2.24) is 24.6 Å². The molecule has 10 heteroatoms. The number of rotatable bonds is 7. The van der Waals surface area contributed by atoms with Crippen molar-refractivity contribution in [3.05, 3.63) is 35.8 Å². The van der Waals surface area contributed by atoms with Crippen LogP contribution in [0.5, 0.6) is 0 Å². The van der Waals surface area contributed by atoms with E-state index in [9.17, 15) is 8.42 Å². The molecule has 0 aromatic carbocycles. The zero-order valence-corrected chi connectivity index (χ0v) is 15.9. The molecule has 0 aliphatic heterocycles. The molecule has 3 aromatic heterocycles. The molecule has 0 amide bonds. The first kappa shape index (κ1) is 18.3. The minimum atomic E-state index is -3.78. The van der Waals surface area contributed by atoms with Gasteiger partial charge in [-0.05, 0) is 13.0 Å². The first-order valence-corrected chi connectivity index (χ1v) is 9.69. The lowest BCUT2D eigenvalue weighted by Crippen LogP contribution is -2.30. The molecule has 0 atom stereocenters. The first-order chi connectivity index (χ1) is 12.3. The Hall–Kier alpha value is -2.46. The topological polar surface area (TPSA) is 118 Å². The van der Waals surface area contributed by atoms with Crippen LogP contribution in [0.4, 0.5) is 0 Å². The standard InChI is InChI=1S/C16H21N5O4S/c1-5-21(9-15-18-16(10(2)3)20-25-15)26(22,23)14-8-13(24-11(14)4)12-6-7-17-19-12/h6-8,10H,5,9H2,1-4H3,(H,17,19). The van der Waals surface area contributed by atoms with Crippen molar-refractivity contribution in [3.8, 4) is 11.5 Å². The molecule has 26 heavy (non-hydrogen) atoms. The summed E-state index contributed by atoms with van der Waals surface area (Å²) in [5, 5.41) is 10.5. The lowest BCUT2D eigenvalue weighted by molar-refractivity contribution is 0.318. The molecule has 0 spiro atoms. The van der Waals surface area contributed by atoms with Crippen LogP contribution >= 0.6 is 0 Å². The summed E-state index contributed by atoms with van der Waals surface area (Å²) >= 11 is 0. The highest BCUT2D eigenvalue weighted by molar-refractivity contribution is 7.89. The van der Waals surface area contributed by atoms with E-state index in [0.717, 1.165) is 0 Å². The second-order valence-corrected chi connectivity index (χ2v) is 8.04. The Morgan fingerprint density at radius 2 is 2.12 bits per heavy atom. The van der Waals surface area contributed by atoms with Crippen molar-refractivity contribution in [2.24, 2.45) is 0 Å². The van der Waals surface area contributed by atoms with Crippen molar-refractivity contribution < 1.29 is 17.4 Å². The predicted molar refractivity (Wildman–Crippen MR) is 92.7 cm³/mol. The fourth-order valence-corrected chi connectivity index (χ4v) is 4.03. The summed E-state index contributed by atoms with van der Waals surface area (Å²) in [6.07, 6.45) is 1.57. The van der Waals surface area contributed by atoms with Crippen LogP contribution in [-0.4, -0.2) is 39.6 Å². The fraction of sp³-hybridized carbons (Fsp3) is 0.438. The number of aromatic nitrogens is 4. The fourth-order valence-electron chi connectivity index (χ4n) is 2.47. The van der Waals surface area contributed by atoms with Gasteiger partial charge in [0.25, 0.3) is 0 Å². The highest BCUT2D eigenvalue weighted by Crippen LogP contribution is 2.29. The summed E-state index contributed by atoms with van der Waals surface area (Å²) in [5.74, 6) is 1.63. The van der Waals surface area contributed by atoms with Gasteiger partial charge in [0, 0.05) is 24.7 Å². The highest BCUT2D eigenvalue weighted by Gasteiger charge is 2.30. The lowest BCUT2D eigenvalue weighted by atomic mass is 10.2. The number of aromatic amines is 1. The van der Waals surface area contributed by atoms with E-state index in [0.29, 0.717) is 23.0 Å². The second kappa shape index (κ2) is 7.04. The van der Waals surface area contributed by atoms with Crippen molar-refractivity contribution in [1.29, 1.82) is 0 Å². The molecule has 0 aliphatic carbocycles. The highest BCUT2D eigenvalue weighted by atomic mass is 32.2. The normalized spacial score (nSPS) is 12.4. The molecule has 3 rings (SSSR count). The molecule has 140 valence electrons. The van der Waals surface area contributed by atoms with Gasteiger partial charge in [0.2, 0.25) is 15.9 Å². The number of aryl methyl sites for hydroxylation is 1. The van der Waals surface area contributed by atoms with Gasteiger partial charge in [-0.25, -0.2) is 8.42 Å². The summed E-state index contributed by atoms with van der Waals surface area (Å²) in [4.78, 5) is 4.36. The molecule has 1 N–H and O–H groups in total. The number of H-pyrrole nitrogens is 1. The Morgan fingerprint density at radius 1 is 1.35 bits per heavy atom. The van der Waals surface area contributed by atoms with Crippen LogP contribution in [-0.2, 0) is 16.6 Å². The Bertz CT molecular complexity index is 972. The molecule has 0 saturated heterocycles. The lowest BCUT2D eigenvalue weighted by Gasteiger charge is -2.17. The third kappa shape index (κ3) is 3.42. The second-order valence-electron chi connectivity index (χ2n) is 6.13. The maximum Gasteiger partial charge on any atom is 0.247 e. The van der Waals surface area contributed by atoms with E-state index in [1.165, 1.54) is 10.4 Å². The van der Waals surface area contributed by atoms with Gasteiger partial charge in [-0.2, -0.15) is 14.4 Å². The van der Waals surface area contributed by atoms with Crippen LogP contribution in [0.25, 0.3) is 11.5 Å². The van der Waals surface area contributed by atoms with E-state index in [-0.39, 0.29) is 29.8 Å². The zero-order chi connectivity index (χ0) is 18.9. The zero-order valence-electron chi connectivity index (χ0n) is 15.1. The number of sulfonamides is 1. The van der Waals surface area contributed by atoms with Crippen molar-refractivity contribution in [3.63, 3.8) is 0 Å². The molecule has 3 aromatic rings. The van der Waals surface area contributed by atoms with Gasteiger partial charge >= 0.3 is 0 Å². The molecule has 0 bridgehead atoms. The summed E-state index contributed by atoms with van der Waals surface area (Å²) < 4.78 is 38.2. The average Bonchev–Trinajstić information content (AvgIpc) is 3.32. The van der Waals surface area contributed by atoms with Crippen molar-refractivity contribution >= 4 is 10.0 Å². The van der Waals surface area contributed by atoms with Gasteiger partial charge in [0.1, 0.15) is 16.3 Å². The van der Waals surface area contributed by atoms with Crippen LogP contribution in [0.1, 0.15) is 44.2 Å². The predicted octanol–water partition coefficient (Wildman–Crippen LogP) is 2.70. The SMILES string of the molecule is CCN(Cc1nc(C(C)C)no1)S(=O)(=O)c1cc(-c2ccn[nH]2)oc1C. The van der Waals surface area contributed by atoms with Crippen LogP contribution in [0.3, 0.4) is 0 Å². The van der Waals surface area contributed by atoms with E-state index in [1.807, 2.05) is 13.8 Å². The Morgan fingerprint density at radius 3 is 2.69 bits per heavy atom. The smallest absolute Gasteiger partial charge is 0.247 e. The molecule has 0 aliphatic rings. The summed E-state index contributed by atoms with van der Waals surface area (Å²) in [6.45, 7) is 7.50. The van der Waals surface area contributed by atoms with E-state index in [1.54, 1.807) is 26.1 Å². The van der Waals surface area contributed by atoms with Crippen LogP contribution in [0.2, 0.25) is 0 Å². The van der Waals surface area contributed by atoms with Crippen LogP contribution in [0, 0.1) is 6.92 Å². The number of nitrogens with zero attached hydrogens (tertiary/aromatic N) is 4. The number of hydrogen-bond donors (Lipinski definition) is 1. The van der Waals surface area contributed by atoms with Gasteiger partial charge in [0.05, 0.1) is 6.54 Å². The van der Waals surface area contributed by atoms with Crippen LogP contribution in [0.15, 0.2) is 32.2 Å². The average molecular weight is 379 g/mol. The summed E-state index contributed by atoms with van der Waals surface area (Å²) in [6, 6.07) is 3.20. The Kier molecular flexibility index (Phi) is 4.97. The molecular formula is C16H21N5O4S. The van der Waals surface area contributed by atoms with Crippen molar-refractivity contribution in [2.75, 3.05) is 6.54 Å². The molecule has 0 unspecified atom stereocenters. The van der Waals surface area contributed by atoms with Gasteiger partial charge in [-0.1, -0.05) is 25.9 Å². The minimum Gasteiger partial charge on any atom is -0.458 e. The van der Waals surface area contributed by atoms with Gasteiger partial charge in [-0.3, -0.25) is 5.10 Å². The van der Waals surface area contributed by atoms with Crippen molar-refractivity contribution in [2.45, 2.75) is 45.1 Å². The first-order valence-electron chi connectivity index (χ1n) is 8.25. The Balaban J connectivity index is 1.89. The minimum absolute atomic E-state index is 0.00254. The number of nitrogens with one attached hydrogen (secondary N) is 1. The van der Waals surface area contributed by atoms with Gasteiger partial charge in [-0.15, -0.1) is 0 Å². The summed E-state index contributed by atoms with van der Waals surface area (Å²) in [7, 11) is -3.78. The van der Waals surface area contributed by atoms with E-state index in [4.69, 9.17) is 8.94 Å². The van der Waals surface area contributed by atoms with E-state index < -0.39 is 10.0 Å².